The highest BCUT2D eigenvalue weighted by molar-refractivity contribution is 5.97. The monoisotopic (exact) mass is 419 g/mol. The molecule has 4 amide bonds. The molecule has 1 fully saturated rings. The summed E-state index contributed by atoms with van der Waals surface area (Å²) in [7, 11) is 0. The van der Waals surface area contributed by atoms with Crippen LogP contribution in [0, 0.1) is 5.92 Å². The number of imide groups is 1. The summed E-state index contributed by atoms with van der Waals surface area (Å²) in [6.07, 6.45) is 4.09. The molecule has 1 aromatic carbocycles. The molecule has 1 aliphatic heterocycles. The van der Waals surface area contributed by atoms with Crippen LogP contribution in [0.2, 0.25) is 0 Å². The van der Waals surface area contributed by atoms with Crippen molar-refractivity contribution < 1.29 is 33.4 Å². The van der Waals surface area contributed by atoms with Gasteiger partial charge in [-0.05, 0) is 37.0 Å². The molecule has 0 unspecified atom stereocenters. The Kier molecular flexibility index (Phi) is 7.10. The van der Waals surface area contributed by atoms with Crippen LogP contribution >= 0.6 is 0 Å². The molecule has 0 aromatic heterocycles. The molecular weight excluding hydrogens is 394 g/mol. The molecule has 1 aliphatic carbocycles. The summed E-state index contributed by atoms with van der Waals surface area (Å²) in [6, 6.07) is 4.06. The largest absolute Gasteiger partial charge is 0.454 e. The van der Waals surface area contributed by atoms with Crippen molar-refractivity contribution in [2.24, 2.45) is 5.92 Å². The minimum absolute atomic E-state index is 0.0282. The fourth-order valence-electron chi connectivity index (χ4n) is 3.39. The van der Waals surface area contributed by atoms with Gasteiger partial charge in [-0.3, -0.25) is 19.7 Å². The van der Waals surface area contributed by atoms with E-state index in [4.69, 9.17) is 14.2 Å². The Labute approximate surface area is 173 Å². The normalized spacial score (nSPS) is 19.5. The van der Waals surface area contributed by atoms with E-state index in [1.165, 1.54) is 12.1 Å². The van der Waals surface area contributed by atoms with Crippen molar-refractivity contribution in [1.29, 1.82) is 0 Å². The summed E-state index contributed by atoms with van der Waals surface area (Å²) in [4.78, 5) is 47.5. The van der Waals surface area contributed by atoms with Crippen LogP contribution < -0.4 is 25.4 Å². The predicted octanol–water partition coefficient (Wildman–Crippen LogP) is 1.09. The number of carbonyl (C=O) groups is 4. The average molecular weight is 419 g/mol. The molecule has 1 aromatic rings. The lowest BCUT2D eigenvalue weighted by Crippen LogP contribution is -2.48. The number of nitrogens with one attached hydrogen (secondary N) is 3. The van der Waals surface area contributed by atoms with Crippen LogP contribution in [0.5, 0.6) is 11.5 Å². The van der Waals surface area contributed by atoms with Gasteiger partial charge in [0.25, 0.3) is 11.8 Å². The van der Waals surface area contributed by atoms with E-state index in [1.807, 2.05) is 0 Å². The van der Waals surface area contributed by atoms with Gasteiger partial charge in [0, 0.05) is 11.6 Å². The highest BCUT2D eigenvalue weighted by Gasteiger charge is 2.23. The Balaban J connectivity index is 1.34. The molecule has 30 heavy (non-hydrogen) atoms. The second-order valence-corrected chi connectivity index (χ2v) is 7.30. The van der Waals surface area contributed by atoms with Crippen LogP contribution in [-0.2, 0) is 14.3 Å². The maximum absolute atomic E-state index is 12.1. The molecular formula is C20H25N3O7. The minimum Gasteiger partial charge on any atom is -0.454 e. The van der Waals surface area contributed by atoms with Crippen LogP contribution in [-0.4, -0.2) is 49.8 Å². The molecule has 3 rings (SSSR count). The molecule has 3 N–H and O–H groups in total. The van der Waals surface area contributed by atoms with E-state index < -0.39 is 37.0 Å². The van der Waals surface area contributed by atoms with E-state index in [9.17, 15) is 19.2 Å². The van der Waals surface area contributed by atoms with E-state index in [-0.39, 0.29) is 12.8 Å². The second kappa shape index (κ2) is 9.95. The maximum Gasteiger partial charge on any atom is 0.325 e. The average Bonchev–Trinajstić information content (AvgIpc) is 3.20. The summed E-state index contributed by atoms with van der Waals surface area (Å²) < 4.78 is 15.1. The molecule has 0 radical (unpaired) electrons. The van der Waals surface area contributed by atoms with E-state index in [1.54, 1.807) is 6.07 Å². The molecule has 0 saturated heterocycles. The minimum atomic E-state index is -0.805. The number of esters is 1. The number of urea groups is 1. The van der Waals surface area contributed by atoms with Crippen LogP contribution in [0.25, 0.3) is 0 Å². The van der Waals surface area contributed by atoms with Gasteiger partial charge < -0.3 is 24.8 Å². The number of carbonyl (C=O) groups excluding carboxylic acids is 4. The van der Waals surface area contributed by atoms with Crippen LogP contribution in [0.4, 0.5) is 4.79 Å². The molecule has 10 heteroatoms. The zero-order valence-corrected chi connectivity index (χ0v) is 16.7. The van der Waals surface area contributed by atoms with Gasteiger partial charge in [0.1, 0.15) is 6.54 Å². The SMILES string of the molecule is C[C@H]1CCCC[C@@H]1NC(=O)NC(=O)COC(=O)CNC(=O)c1ccc2c(c1)OCO2. The Morgan fingerprint density at radius 1 is 1.10 bits per heavy atom. The summed E-state index contributed by atoms with van der Waals surface area (Å²) in [5.74, 6) is -0.713. The van der Waals surface area contributed by atoms with E-state index in [2.05, 4.69) is 22.9 Å². The lowest BCUT2D eigenvalue weighted by atomic mass is 9.86. The highest BCUT2D eigenvalue weighted by Crippen LogP contribution is 2.32. The van der Waals surface area contributed by atoms with Gasteiger partial charge in [0.15, 0.2) is 18.1 Å². The molecule has 0 spiro atoms. The quantitative estimate of drug-likeness (QED) is 0.588. The van der Waals surface area contributed by atoms with E-state index in [0.29, 0.717) is 23.0 Å². The van der Waals surface area contributed by atoms with Gasteiger partial charge in [-0.2, -0.15) is 0 Å². The van der Waals surface area contributed by atoms with Gasteiger partial charge in [-0.1, -0.05) is 19.8 Å². The predicted molar refractivity (Wildman–Crippen MR) is 104 cm³/mol. The maximum atomic E-state index is 12.1. The highest BCUT2D eigenvalue weighted by atomic mass is 16.7. The van der Waals surface area contributed by atoms with Crippen LogP contribution in [0.1, 0.15) is 43.0 Å². The number of fused-ring (bicyclic) bond motifs is 1. The number of benzene rings is 1. The van der Waals surface area contributed by atoms with Gasteiger partial charge in [-0.25, -0.2) is 4.79 Å². The fourth-order valence-corrected chi connectivity index (χ4v) is 3.39. The van der Waals surface area contributed by atoms with E-state index in [0.717, 1.165) is 25.7 Å². The third-order valence-electron chi connectivity index (χ3n) is 5.07. The Hall–Kier alpha value is -3.30. The second-order valence-electron chi connectivity index (χ2n) is 7.30. The number of hydrogen-bond acceptors (Lipinski definition) is 7. The smallest absolute Gasteiger partial charge is 0.325 e. The summed E-state index contributed by atoms with van der Waals surface area (Å²) in [6.45, 7) is 1.11. The van der Waals surface area contributed by atoms with Crippen molar-refractivity contribution in [3.8, 4) is 11.5 Å². The summed E-state index contributed by atoms with van der Waals surface area (Å²) >= 11 is 0. The van der Waals surface area contributed by atoms with Gasteiger partial charge in [0.05, 0.1) is 0 Å². The zero-order chi connectivity index (χ0) is 21.5. The Morgan fingerprint density at radius 2 is 1.87 bits per heavy atom. The number of hydrogen-bond donors (Lipinski definition) is 3. The first-order valence-corrected chi connectivity index (χ1v) is 9.86. The van der Waals surface area contributed by atoms with Crippen LogP contribution in [0.15, 0.2) is 18.2 Å². The first-order chi connectivity index (χ1) is 14.4. The first-order valence-electron chi connectivity index (χ1n) is 9.86. The molecule has 0 bridgehead atoms. The molecule has 162 valence electrons. The van der Waals surface area contributed by atoms with Gasteiger partial charge in [0.2, 0.25) is 6.79 Å². The molecule has 2 atom stereocenters. The van der Waals surface area contributed by atoms with Crippen molar-refractivity contribution in [3.05, 3.63) is 23.8 Å². The Bertz CT molecular complexity index is 827. The molecule has 1 heterocycles. The van der Waals surface area contributed by atoms with E-state index >= 15 is 0 Å². The molecule has 10 nitrogen and oxygen atoms in total. The zero-order valence-electron chi connectivity index (χ0n) is 16.7. The van der Waals surface area contributed by atoms with Crippen LogP contribution in [0.3, 0.4) is 0 Å². The van der Waals surface area contributed by atoms with Crippen molar-refractivity contribution in [3.63, 3.8) is 0 Å². The third-order valence-corrected chi connectivity index (χ3v) is 5.07. The van der Waals surface area contributed by atoms with Gasteiger partial charge in [-0.15, -0.1) is 0 Å². The van der Waals surface area contributed by atoms with Crippen molar-refractivity contribution in [2.45, 2.75) is 38.6 Å². The van der Waals surface area contributed by atoms with Gasteiger partial charge >= 0.3 is 12.0 Å². The number of ether oxygens (including phenoxy) is 3. The summed E-state index contributed by atoms with van der Waals surface area (Å²) in [5.41, 5.74) is 0.290. The molecule has 1 saturated carbocycles. The van der Waals surface area contributed by atoms with Crippen molar-refractivity contribution >= 4 is 23.8 Å². The Morgan fingerprint density at radius 3 is 2.67 bits per heavy atom. The van der Waals surface area contributed by atoms with Crippen molar-refractivity contribution in [2.75, 3.05) is 19.9 Å². The third kappa shape index (κ3) is 5.85. The number of amides is 4. The standard InChI is InChI=1S/C20H25N3O7/c1-12-4-2-3-5-14(12)22-20(27)23-17(24)10-28-18(25)9-21-19(26)13-6-7-15-16(8-13)30-11-29-15/h6-8,12,14H,2-5,9-11H2,1H3,(H,21,26)(H2,22,23,24,27)/t12-,14-/m0/s1. The lowest BCUT2D eigenvalue weighted by molar-refractivity contribution is -0.147. The summed E-state index contributed by atoms with van der Waals surface area (Å²) in [5, 5.41) is 7.31. The topological polar surface area (TPSA) is 132 Å². The first kappa shape index (κ1) is 21.4. The van der Waals surface area contributed by atoms with Crippen molar-refractivity contribution in [1.82, 2.24) is 16.0 Å². The molecule has 2 aliphatic rings. The lowest BCUT2D eigenvalue weighted by Gasteiger charge is -2.29. The number of rotatable bonds is 6. The fraction of sp³-hybridized carbons (Fsp3) is 0.500.